The maximum Gasteiger partial charge on any atom is 0.265 e. The van der Waals surface area contributed by atoms with Crippen LogP contribution in [0, 0.1) is 11.7 Å². The number of aromatic nitrogens is 1. The molecule has 1 aliphatic carbocycles. The van der Waals surface area contributed by atoms with Gasteiger partial charge in [-0.1, -0.05) is 43.4 Å². The number of hydrogen-bond donors (Lipinski definition) is 3. The quantitative estimate of drug-likeness (QED) is 0.494. The van der Waals surface area contributed by atoms with Crippen LogP contribution in [-0.4, -0.2) is 67.0 Å². The molecule has 0 radical (unpaired) electrons. The molecule has 3 N–H and O–H groups in total. The number of carbonyl (C=O) groups excluding carboxylic acids is 3. The zero-order valence-corrected chi connectivity index (χ0v) is 21.2. The molecule has 0 bridgehead atoms. The fourth-order valence-electron chi connectivity index (χ4n) is 4.69. The van der Waals surface area contributed by atoms with Gasteiger partial charge in [-0.05, 0) is 30.5 Å². The van der Waals surface area contributed by atoms with Crippen molar-refractivity contribution in [2.45, 2.75) is 44.6 Å². The van der Waals surface area contributed by atoms with E-state index in [-0.39, 0.29) is 11.5 Å². The van der Waals surface area contributed by atoms with Gasteiger partial charge in [-0.3, -0.25) is 14.4 Å². The van der Waals surface area contributed by atoms with Crippen LogP contribution in [0.4, 0.5) is 15.2 Å². The zero-order chi connectivity index (χ0) is 25.5. The average molecular weight is 518 g/mol. The number of amides is 3. The van der Waals surface area contributed by atoms with Gasteiger partial charge in [-0.2, -0.15) is 0 Å². The molecule has 9 nitrogen and oxygen atoms in total. The highest BCUT2D eigenvalue weighted by atomic mass is 32.1. The Hall–Kier alpha value is -3.05. The molecule has 1 atom stereocenters. The van der Waals surface area contributed by atoms with Crippen molar-refractivity contribution in [2.75, 3.05) is 44.0 Å². The number of nitrogens with one attached hydrogen (secondary N) is 3. The van der Waals surface area contributed by atoms with E-state index in [4.69, 9.17) is 4.74 Å². The van der Waals surface area contributed by atoms with E-state index in [1.807, 2.05) is 0 Å². The predicted octanol–water partition coefficient (Wildman–Crippen LogP) is 3.50. The number of hydrogen-bond acceptors (Lipinski definition) is 7. The molecule has 1 aromatic heterocycles. The van der Waals surface area contributed by atoms with Crippen LogP contribution in [0.15, 0.2) is 24.4 Å². The highest BCUT2D eigenvalue weighted by molar-refractivity contribution is 7.17. The Morgan fingerprint density at radius 2 is 1.94 bits per heavy atom. The summed E-state index contributed by atoms with van der Waals surface area (Å²) >= 11 is 1.10. The van der Waals surface area contributed by atoms with Crippen LogP contribution in [0.25, 0.3) is 0 Å². The standard InChI is InChI=1S/C25H32FN5O4S/c1-27-19-8-7-17(26)14-18(19)22(32)29-20(13-16-5-3-2-4-6-16)23(33)30-25-28-15-21(36-25)24(34)31-9-11-35-12-10-31/h7-8,14-16,20,27H,2-6,9-13H2,1H3,(H,29,32)(H,28,30,33). The third-order valence-electron chi connectivity index (χ3n) is 6.66. The Morgan fingerprint density at radius 3 is 2.67 bits per heavy atom. The number of carbonyl (C=O) groups is 3. The van der Waals surface area contributed by atoms with Crippen LogP contribution in [-0.2, 0) is 9.53 Å². The average Bonchev–Trinajstić information content (AvgIpc) is 3.37. The second-order valence-corrected chi connectivity index (χ2v) is 10.2. The van der Waals surface area contributed by atoms with E-state index in [1.165, 1.54) is 24.8 Å². The summed E-state index contributed by atoms with van der Waals surface area (Å²) < 4.78 is 19.2. The lowest BCUT2D eigenvalue weighted by Gasteiger charge is -2.26. The van der Waals surface area contributed by atoms with Gasteiger partial charge in [0.1, 0.15) is 16.7 Å². The van der Waals surface area contributed by atoms with E-state index in [9.17, 15) is 18.8 Å². The van der Waals surface area contributed by atoms with Crippen molar-refractivity contribution in [1.82, 2.24) is 15.2 Å². The number of morpholine rings is 1. The first-order valence-electron chi connectivity index (χ1n) is 12.4. The first-order valence-corrected chi connectivity index (χ1v) is 13.2. The number of halogens is 1. The van der Waals surface area contributed by atoms with Gasteiger partial charge < -0.3 is 25.6 Å². The van der Waals surface area contributed by atoms with E-state index in [0.717, 1.165) is 43.1 Å². The van der Waals surface area contributed by atoms with Gasteiger partial charge in [-0.15, -0.1) is 0 Å². The number of rotatable bonds is 8. The third-order valence-corrected chi connectivity index (χ3v) is 7.56. The third kappa shape index (κ3) is 6.58. The summed E-state index contributed by atoms with van der Waals surface area (Å²) in [4.78, 5) is 45.4. The Balaban J connectivity index is 1.47. The van der Waals surface area contributed by atoms with Gasteiger partial charge in [-0.25, -0.2) is 9.37 Å². The Kier molecular flexibility index (Phi) is 8.87. The summed E-state index contributed by atoms with van der Waals surface area (Å²) in [6, 6.07) is 3.09. The van der Waals surface area contributed by atoms with Crippen molar-refractivity contribution in [3.8, 4) is 0 Å². The molecule has 1 unspecified atom stereocenters. The molecule has 1 aliphatic heterocycles. The molecule has 36 heavy (non-hydrogen) atoms. The van der Waals surface area contributed by atoms with Gasteiger partial charge in [0, 0.05) is 25.8 Å². The second kappa shape index (κ2) is 12.3. The normalized spacial score (nSPS) is 17.3. The predicted molar refractivity (Wildman–Crippen MR) is 136 cm³/mol. The molecule has 2 fully saturated rings. The molecular formula is C25H32FN5O4S. The van der Waals surface area contributed by atoms with Crippen molar-refractivity contribution in [3.05, 3.63) is 40.7 Å². The minimum Gasteiger partial charge on any atom is -0.387 e. The molecule has 2 aliphatic rings. The Bertz CT molecular complexity index is 1080. The minimum atomic E-state index is -0.823. The van der Waals surface area contributed by atoms with Gasteiger partial charge in [0.25, 0.3) is 11.8 Å². The van der Waals surface area contributed by atoms with E-state index >= 15 is 0 Å². The van der Waals surface area contributed by atoms with Crippen LogP contribution in [0.5, 0.6) is 0 Å². The highest BCUT2D eigenvalue weighted by Gasteiger charge is 2.28. The van der Waals surface area contributed by atoms with Gasteiger partial charge in [0.15, 0.2) is 5.13 Å². The molecule has 1 aromatic carbocycles. The largest absolute Gasteiger partial charge is 0.387 e. The molecule has 0 spiro atoms. The molecular weight excluding hydrogens is 485 g/mol. The van der Waals surface area contributed by atoms with Crippen molar-refractivity contribution < 1.29 is 23.5 Å². The Morgan fingerprint density at radius 1 is 1.19 bits per heavy atom. The van der Waals surface area contributed by atoms with Crippen molar-refractivity contribution in [3.63, 3.8) is 0 Å². The van der Waals surface area contributed by atoms with Crippen LogP contribution in [0.3, 0.4) is 0 Å². The van der Waals surface area contributed by atoms with Crippen molar-refractivity contribution in [2.24, 2.45) is 5.92 Å². The van der Waals surface area contributed by atoms with Crippen LogP contribution in [0.1, 0.15) is 58.6 Å². The molecule has 3 amide bonds. The van der Waals surface area contributed by atoms with Crippen molar-refractivity contribution in [1.29, 1.82) is 0 Å². The van der Waals surface area contributed by atoms with Gasteiger partial charge in [0.05, 0.1) is 25.0 Å². The lowest BCUT2D eigenvalue weighted by atomic mass is 9.84. The number of ether oxygens (including phenoxy) is 1. The zero-order valence-electron chi connectivity index (χ0n) is 20.3. The number of anilines is 2. The molecule has 2 heterocycles. The summed E-state index contributed by atoms with van der Waals surface area (Å²) in [5.41, 5.74) is 0.600. The molecule has 4 rings (SSSR count). The highest BCUT2D eigenvalue weighted by Crippen LogP contribution is 2.28. The van der Waals surface area contributed by atoms with Gasteiger partial charge >= 0.3 is 0 Å². The van der Waals surface area contributed by atoms with E-state index in [1.54, 1.807) is 11.9 Å². The van der Waals surface area contributed by atoms with Crippen molar-refractivity contribution >= 4 is 39.9 Å². The first kappa shape index (κ1) is 26.0. The summed E-state index contributed by atoms with van der Waals surface area (Å²) in [5, 5.41) is 8.77. The maximum atomic E-state index is 13.9. The molecule has 194 valence electrons. The van der Waals surface area contributed by atoms with E-state index < -0.39 is 23.7 Å². The van der Waals surface area contributed by atoms with Gasteiger partial charge in [0.2, 0.25) is 5.91 Å². The lowest BCUT2D eigenvalue weighted by molar-refractivity contribution is -0.118. The monoisotopic (exact) mass is 517 g/mol. The Labute approximate surface area is 213 Å². The molecule has 1 saturated heterocycles. The molecule has 2 aromatic rings. The summed E-state index contributed by atoms with van der Waals surface area (Å²) in [5.74, 6) is -1.31. The van der Waals surface area contributed by atoms with Crippen LogP contribution < -0.4 is 16.0 Å². The fraction of sp³-hybridized carbons (Fsp3) is 0.520. The molecule has 1 saturated carbocycles. The smallest absolute Gasteiger partial charge is 0.265 e. The number of nitrogens with zero attached hydrogens (tertiary/aromatic N) is 2. The lowest BCUT2D eigenvalue weighted by Crippen LogP contribution is -2.45. The van der Waals surface area contributed by atoms with Crippen LogP contribution >= 0.6 is 11.3 Å². The van der Waals surface area contributed by atoms with E-state index in [2.05, 4.69) is 20.9 Å². The SMILES string of the molecule is CNc1ccc(F)cc1C(=O)NC(CC1CCCCC1)C(=O)Nc1ncc(C(=O)N2CCOCC2)s1. The topological polar surface area (TPSA) is 113 Å². The van der Waals surface area contributed by atoms with E-state index in [0.29, 0.717) is 54.3 Å². The summed E-state index contributed by atoms with van der Waals surface area (Å²) in [7, 11) is 1.65. The summed E-state index contributed by atoms with van der Waals surface area (Å²) in [6.07, 6.45) is 7.30. The number of thiazole rings is 1. The first-order chi connectivity index (χ1) is 17.4. The second-order valence-electron chi connectivity index (χ2n) is 9.13. The van der Waals surface area contributed by atoms with Crippen LogP contribution in [0.2, 0.25) is 0 Å². The fourth-order valence-corrected chi connectivity index (χ4v) is 5.48. The molecule has 11 heteroatoms. The minimum absolute atomic E-state index is 0.131. The maximum absolute atomic E-state index is 13.9. The number of benzene rings is 1. The summed E-state index contributed by atoms with van der Waals surface area (Å²) in [6.45, 7) is 2.03.